The summed E-state index contributed by atoms with van der Waals surface area (Å²) in [7, 11) is 0. The molecule has 0 heterocycles. The third-order valence-corrected chi connectivity index (χ3v) is 6.15. The Labute approximate surface area is 179 Å². The normalized spacial score (nSPS) is 21.1. The Balaban J connectivity index is 1.74. The largest absolute Gasteiger partial charge is 0.490 e. The van der Waals surface area contributed by atoms with Gasteiger partial charge in [0.15, 0.2) is 0 Å². The Morgan fingerprint density at radius 1 is 1.13 bits per heavy atom. The van der Waals surface area contributed by atoms with Crippen LogP contribution in [0, 0.1) is 17.8 Å². The first kappa shape index (κ1) is 22.1. The van der Waals surface area contributed by atoms with E-state index in [1.807, 2.05) is 18.2 Å². The molecule has 0 radical (unpaired) electrons. The summed E-state index contributed by atoms with van der Waals surface area (Å²) in [6, 6.07) is 7.31. The highest BCUT2D eigenvalue weighted by atomic mass is 16.5. The van der Waals surface area contributed by atoms with E-state index >= 15 is 0 Å². The third-order valence-electron chi connectivity index (χ3n) is 6.15. The number of allylic oxidation sites excluding steroid dienone is 2. The lowest BCUT2D eigenvalue weighted by Gasteiger charge is -2.26. The van der Waals surface area contributed by atoms with Crippen molar-refractivity contribution in [3.8, 4) is 5.75 Å². The lowest BCUT2D eigenvalue weighted by molar-refractivity contribution is -0.132. The van der Waals surface area contributed by atoms with Crippen LogP contribution in [0.25, 0.3) is 0 Å². The molecule has 0 fully saturated rings. The molecule has 5 heteroatoms. The van der Waals surface area contributed by atoms with Crippen LogP contribution >= 0.6 is 0 Å². The summed E-state index contributed by atoms with van der Waals surface area (Å²) < 4.78 is 6.19. The number of rotatable bonds is 7. The van der Waals surface area contributed by atoms with Gasteiger partial charge in [-0.15, -0.1) is 0 Å². The first-order valence-corrected chi connectivity index (χ1v) is 10.9. The van der Waals surface area contributed by atoms with Crippen molar-refractivity contribution in [1.29, 1.82) is 0 Å². The Morgan fingerprint density at radius 3 is 2.47 bits per heavy atom. The summed E-state index contributed by atoms with van der Waals surface area (Å²) in [6.07, 6.45) is 3.89. The molecule has 2 atom stereocenters. The molecular formula is C25H33NO4. The van der Waals surface area contributed by atoms with Crippen LogP contribution in [0.5, 0.6) is 5.75 Å². The molecule has 1 amide bonds. The first-order chi connectivity index (χ1) is 14.2. The Morgan fingerprint density at radius 2 is 1.83 bits per heavy atom. The Hall–Kier alpha value is -2.56. The van der Waals surface area contributed by atoms with Gasteiger partial charge >= 0.3 is 5.97 Å². The monoisotopic (exact) mass is 411 g/mol. The fourth-order valence-corrected chi connectivity index (χ4v) is 4.69. The van der Waals surface area contributed by atoms with Gasteiger partial charge in [0.05, 0.1) is 6.04 Å². The molecule has 0 aliphatic heterocycles. The number of amides is 1. The van der Waals surface area contributed by atoms with Gasteiger partial charge in [-0.25, -0.2) is 4.79 Å². The molecule has 162 valence electrons. The maximum Gasteiger partial charge on any atom is 0.331 e. The fourth-order valence-electron chi connectivity index (χ4n) is 4.69. The van der Waals surface area contributed by atoms with Gasteiger partial charge in [-0.1, -0.05) is 40.7 Å². The van der Waals surface area contributed by atoms with E-state index in [0.717, 1.165) is 12.0 Å². The minimum absolute atomic E-state index is 0.0530. The average Bonchev–Trinajstić information content (AvgIpc) is 3.00. The second-order valence-electron chi connectivity index (χ2n) is 9.26. The molecule has 1 aromatic rings. The molecular weight excluding hydrogens is 378 g/mol. The molecule has 1 aromatic carbocycles. The number of carbonyl (C=O) groups is 2. The van der Waals surface area contributed by atoms with Gasteiger partial charge in [-0.3, -0.25) is 4.79 Å². The number of nitrogens with one attached hydrogen (secondary N) is 1. The third kappa shape index (κ3) is 4.77. The molecule has 2 aliphatic rings. The van der Waals surface area contributed by atoms with Crippen molar-refractivity contribution < 1.29 is 19.4 Å². The molecule has 3 rings (SSSR count). The quantitative estimate of drug-likeness (QED) is 0.663. The summed E-state index contributed by atoms with van der Waals surface area (Å²) in [5.41, 5.74) is 3.29. The van der Waals surface area contributed by atoms with Crippen molar-refractivity contribution in [3.63, 3.8) is 0 Å². The fraction of sp³-hybridized carbons (Fsp3) is 0.520. The molecule has 0 bridgehead atoms. The number of benzene rings is 1. The highest BCUT2D eigenvalue weighted by Crippen LogP contribution is 2.39. The number of aliphatic carboxylic acids is 1. The number of carboxylic acids is 1. The summed E-state index contributed by atoms with van der Waals surface area (Å²) in [5, 5.41) is 12.5. The van der Waals surface area contributed by atoms with Gasteiger partial charge in [0.1, 0.15) is 11.9 Å². The van der Waals surface area contributed by atoms with Crippen LogP contribution in [0.2, 0.25) is 0 Å². The number of carboxylic acid groups (broad SMARTS) is 1. The molecule has 2 aliphatic carbocycles. The number of hydrogen-bond donors (Lipinski definition) is 2. The molecule has 1 unspecified atom stereocenters. The van der Waals surface area contributed by atoms with Crippen molar-refractivity contribution in [3.05, 3.63) is 52.6 Å². The van der Waals surface area contributed by atoms with E-state index in [9.17, 15) is 14.7 Å². The van der Waals surface area contributed by atoms with Crippen LogP contribution in [-0.4, -0.2) is 29.1 Å². The van der Waals surface area contributed by atoms with E-state index in [0.29, 0.717) is 41.6 Å². The van der Waals surface area contributed by atoms with Crippen LogP contribution in [0.15, 0.2) is 47.1 Å². The van der Waals surface area contributed by atoms with Gasteiger partial charge in [0.2, 0.25) is 0 Å². The zero-order chi connectivity index (χ0) is 22.0. The second kappa shape index (κ2) is 9.07. The zero-order valence-electron chi connectivity index (χ0n) is 18.6. The average molecular weight is 412 g/mol. The first-order valence-electron chi connectivity index (χ1n) is 10.9. The summed E-state index contributed by atoms with van der Waals surface area (Å²) in [4.78, 5) is 24.3. The predicted octanol–water partition coefficient (Wildman–Crippen LogP) is 4.99. The molecule has 0 saturated carbocycles. The van der Waals surface area contributed by atoms with Gasteiger partial charge in [0, 0.05) is 11.1 Å². The van der Waals surface area contributed by atoms with E-state index < -0.39 is 5.97 Å². The predicted molar refractivity (Wildman–Crippen MR) is 118 cm³/mol. The van der Waals surface area contributed by atoms with E-state index in [1.165, 1.54) is 5.57 Å². The number of ether oxygens (including phenoxy) is 1. The van der Waals surface area contributed by atoms with Gasteiger partial charge in [0.25, 0.3) is 5.91 Å². The lowest BCUT2D eigenvalue weighted by Crippen LogP contribution is -2.38. The Kier molecular flexibility index (Phi) is 6.69. The van der Waals surface area contributed by atoms with Crippen LogP contribution in [0.4, 0.5) is 0 Å². The van der Waals surface area contributed by atoms with Crippen molar-refractivity contribution in [2.75, 3.05) is 0 Å². The summed E-state index contributed by atoms with van der Waals surface area (Å²) in [5.74, 6) is 0.740. The maximum atomic E-state index is 13.0. The van der Waals surface area contributed by atoms with E-state index in [4.69, 9.17) is 4.74 Å². The van der Waals surface area contributed by atoms with E-state index in [-0.39, 0.29) is 24.0 Å². The SMILES string of the molecule is CC(C)C(Oc1cccc(C(=O)N[C@@H]2C3=C(C=C(C(=O)O)CC3)CC2C)c1)C(C)C. The minimum atomic E-state index is -0.848. The van der Waals surface area contributed by atoms with E-state index in [1.54, 1.807) is 12.1 Å². The molecule has 0 saturated heterocycles. The number of carbonyl (C=O) groups excluding carboxylic acids is 1. The highest BCUT2D eigenvalue weighted by Gasteiger charge is 2.34. The van der Waals surface area contributed by atoms with Crippen LogP contribution < -0.4 is 10.1 Å². The molecule has 30 heavy (non-hydrogen) atoms. The standard InChI is InChI=1S/C25H33NO4/c1-14(2)23(15(3)4)30-20-8-6-7-17(13-20)24(27)26-22-16(5)11-19-12-18(25(28)29)9-10-21(19)22/h6-8,12-16,22-23H,9-11H2,1-5H3,(H,26,27)(H,28,29)/t16?,22-/m0/s1. The summed E-state index contributed by atoms with van der Waals surface area (Å²) in [6.45, 7) is 10.7. The summed E-state index contributed by atoms with van der Waals surface area (Å²) >= 11 is 0. The topological polar surface area (TPSA) is 75.6 Å². The number of hydrogen-bond acceptors (Lipinski definition) is 3. The zero-order valence-corrected chi connectivity index (χ0v) is 18.6. The minimum Gasteiger partial charge on any atom is -0.490 e. The lowest BCUT2D eigenvalue weighted by atomic mass is 9.92. The van der Waals surface area contributed by atoms with Crippen molar-refractivity contribution >= 4 is 11.9 Å². The van der Waals surface area contributed by atoms with Gasteiger partial charge < -0.3 is 15.2 Å². The molecule has 0 spiro atoms. The second-order valence-corrected chi connectivity index (χ2v) is 9.26. The molecule has 5 nitrogen and oxygen atoms in total. The van der Waals surface area contributed by atoms with Crippen LogP contribution in [-0.2, 0) is 4.79 Å². The maximum absolute atomic E-state index is 13.0. The smallest absolute Gasteiger partial charge is 0.331 e. The van der Waals surface area contributed by atoms with Crippen molar-refractivity contribution in [2.45, 2.75) is 66.0 Å². The van der Waals surface area contributed by atoms with E-state index in [2.05, 4.69) is 39.9 Å². The van der Waals surface area contributed by atoms with Crippen LogP contribution in [0.3, 0.4) is 0 Å². The highest BCUT2D eigenvalue weighted by molar-refractivity contribution is 5.95. The van der Waals surface area contributed by atoms with Crippen molar-refractivity contribution in [2.24, 2.45) is 17.8 Å². The molecule has 2 N–H and O–H groups in total. The van der Waals surface area contributed by atoms with Gasteiger partial charge in [-0.2, -0.15) is 0 Å². The molecule has 0 aromatic heterocycles. The van der Waals surface area contributed by atoms with Crippen molar-refractivity contribution in [1.82, 2.24) is 5.32 Å². The van der Waals surface area contributed by atoms with Crippen LogP contribution in [0.1, 0.15) is 64.2 Å². The Bertz CT molecular complexity index is 873. The van der Waals surface area contributed by atoms with Gasteiger partial charge in [-0.05, 0) is 72.4 Å².